The summed E-state index contributed by atoms with van der Waals surface area (Å²) in [6, 6.07) is 2.23. The summed E-state index contributed by atoms with van der Waals surface area (Å²) in [6.07, 6.45) is -4.40. The Morgan fingerprint density at radius 2 is 1.88 bits per heavy atom. The second-order valence-corrected chi connectivity index (χ2v) is 6.54. The van der Waals surface area contributed by atoms with Gasteiger partial charge in [0.25, 0.3) is 5.91 Å². The molecule has 3 aliphatic rings. The van der Waals surface area contributed by atoms with Crippen LogP contribution in [0.2, 0.25) is 0 Å². The van der Waals surface area contributed by atoms with E-state index in [9.17, 15) is 22.8 Å². The van der Waals surface area contributed by atoms with Crippen LogP contribution in [-0.4, -0.2) is 47.2 Å². The predicted octanol–water partition coefficient (Wildman–Crippen LogP) is 2.73. The van der Waals surface area contributed by atoms with Gasteiger partial charge in [0.2, 0.25) is 0 Å². The van der Waals surface area contributed by atoms with Crippen molar-refractivity contribution < 1.29 is 32.2 Å². The number of hydrogen-bond donors (Lipinski definition) is 0. The Hall–Kier alpha value is -2.32. The molecule has 0 N–H and O–H groups in total. The van der Waals surface area contributed by atoms with E-state index >= 15 is 0 Å². The molecule has 6 nitrogen and oxygen atoms in total. The number of carbonyl (C=O) groups is 2. The number of alkyl halides is 3. The number of halogens is 3. The van der Waals surface area contributed by atoms with Crippen LogP contribution in [0.4, 0.5) is 18.0 Å². The minimum absolute atomic E-state index is 0.0104. The van der Waals surface area contributed by atoms with E-state index in [1.54, 1.807) is 0 Å². The van der Waals surface area contributed by atoms with Crippen LogP contribution in [0.15, 0.2) is 12.1 Å². The molecule has 0 radical (unpaired) electrons. The van der Waals surface area contributed by atoms with Gasteiger partial charge in [-0.1, -0.05) is 0 Å². The van der Waals surface area contributed by atoms with E-state index in [2.05, 4.69) is 4.98 Å². The normalized spacial score (nSPS) is 26.0. The van der Waals surface area contributed by atoms with Gasteiger partial charge in [0.15, 0.2) is 6.10 Å². The quantitative estimate of drug-likeness (QED) is 0.762. The lowest BCUT2D eigenvalue weighted by Crippen LogP contribution is -2.47. The zero-order chi connectivity index (χ0) is 17.8. The molecule has 3 fully saturated rings. The molecular weight excluding hydrogens is 341 g/mol. The van der Waals surface area contributed by atoms with Crippen LogP contribution in [0.3, 0.4) is 0 Å². The van der Waals surface area contributed by atoms with Crippen molar-refractivity contribution in [1.29, 1.82) is 0 Å². The Morgan fingerprint density at radius 3 is 2.56 bits per heavy atom. The number of ether oxygens (including phenoxy) is 2. The monoisotopic (exact) mass is 356 g/mol. The van der Waals surface area contributed by atoms with Crippen LogP contribution in [0.5, 0.6) is 0 Å². The van der Waals surface area contributed by atoms with E-state index in [0.717, 1.165) is 18.9 Å². The maximum atomic E-state index is 13.1. The van der Waals surface area contributed by atoms with Gasteiger partial charge >= 0.3 is 12.3 Å². The highest BCUT2D eigenvalue weighted by Crippen LogP contribution is 2.41. The zero-order valence-electron chi connectivity index (χ0n) is 13.1. The summed E-state index contributed by atoms with van der Waals surface area (Å²) in [5.41, 5.74) is -0.776. The first-order valence-electron chi connectivity index (χ1n) is 8.07. The standard InChI is InChI=1S/C16H15F3N2O4/c17-16(18,19)13-6-9(5-10(20-13)8-1-2-8)14(22)21-4-3-11-12(7-21)25-15(23)24-11/h5-6,8,11-12H,1-4,7H2. The van der Waals surface area contributed by atoms with Gasteiger partial charge in [0.05, 0.1) is 6.54 Å². The van der Waals surface area contributed by atoms with Crippen molar-refractivity contribution in [1.82, 2.24) is 9.88 Å². The van der Waals surface area contributed by atoms with Crippen molar-refractivity contribution in [2.45, 2.75) is 43.6 Å². The number of aromatic nitrogens is 1. The lowest BCUT2D eigenvalue weighted by molar-refractivity contribution is -0.141. The molecular formula is C16H15F3N2O4. The van der Waals surface area contributed by atoms with Crippen molar-refractivity contribution in [3.8, 4) is 0 Å². The minimum atomic E-state index is -4.61. The summed E-state index contributed by atoms with van der Waals surface area (Å²) in [5.74, 6) is -0.528. The van der Waals surface area contributed by atoms with Crippen LogP contribution in [0.25, 0.3) is 0 Å². The molecule has 2 unspecified atom stereocenters. The van der Waals surface area contributed by atoms with Gasteiger partial charge < -0.3 is 14.4 Å². The number of piperidine rings is 1. The highest BCUT2D eigenvalue weighted by molar-refractivity contribution is 5.94. The van der Waals surface area contributed by atoms with E-state index in [1.807, 2.05) is 0 Å². The average Bonchev–Trinajstić information content (AvgIpc) is 3.34. The smallest absolute Gasteiger partial charge is 0.427 e. The van der Waals surface area contributed by atoms with Gasteiger partial charge in [-0.25, -0.2) is 9.78 Å². The molecule has 2 saturated heterocycles. The molecule has 1 aromatic heterocycles. The molecule has 1 aromatic rings. The highest BCUT2D eigenvalue weighted by atomic mass is 19.4. The fourth-order valence-electron chi connectivity index (χ4n) is 3.19. The zero-order valence-corrected chi connectivity index (χ0v) is 13.1. The number of carbonyl (C=O) groups excluding carboxylic acids is 2. The molecule has 1 saturated carbocycles. The summed E-state index contributed by atoms with van der Waals surface area (Å²) in [5, 5.41) is 0. The third kappa shape index (κ3) is 3.14. The first-order valence-corrected chi connectivity index (χ1v) is 8.07. The molecule has 2 atom stereocenters. The number of hydrogen-bond acceptors (Lipinski definition) is 5. The van der Waals surface area contributed by atoms with Crippen LogP contribution < -0.4 is 0 Å². The summed E-state index contributed by atoms with van der Waals surface area (Å²) >= 11 is 0. The Morgan fingerprint density at radius 1 is 1.16 bits per heavy atom. The molecule has 4 rings (SSSR count). The summed E-state index contributed by atoms with van der Waals surface area (Å²) in [7, 11) is 0. The summed E-state index contributed by atoms with van der Waals surface area (Å²) in [4.78, 5) is 28.9. The Labute approximate surface area is 140 Å². The first kappa shape index (κ1) is 16.2. The third-order valence-electron chi connectivity index (χ3n) is 4.66. The second kappa shape index (κ2) is 5.60. The summed E-state index contributed by atoms with van der Waals surface area (Å²) in [6.45, 7) is 0.400. The summed E-state index contributed by atoms with van der Waals surface area (Å²) < 4.78 is 49.2. The van der Waals surface area contributed by atoms with Gasteiger partial charge in [0, 0.05) is 30.1 Å². The predicted molar refractivity (Wildman–Crippen MR) is 76.9 cm³/mol. The van der Waals surface area contributed by atoms with Crippen molar-refractivity contribution in [3.63, 3.8) is 0 Å². The van der Waals surface area contributed by atoms with E-state index in [-0.39, 0.29) is 18.0 Å². The molecule has 3 heterocycles. The third-order valence-corrected chi connectivity index (χ3v) is 4.66. The van der Waals surface area contributed by atoms with E-state index in [4.69, 9.17) is 9.47 Å². The van der Waals surface area contributed by atoms with Crippen molar-refractivity contribution in [3.05, 3.63) is 29.1 Å². The fraction of sp³-hybridized carbons (Fsp3) is 0.562. The van der Waals surface area contributed by atoms with Crippen LogP contribution in [-0.2, 0) is 15.7 Å². The van der Waals surface area contributed by atoms with E-state index in [1.165, 1.54) is 11.0 Å². The van der Waals surface area contributed by atoms with Gasteiger partial charge in [-0.05, 0) is 25.0 Å². The molecule has 0 bridgehead atoms. The average molecular weight is 356 g/mol. The Bertz CT molecular complexity index is 733. The van der Waals surface area contributed by atoms with Crippen LogP contribution >= 0.6 is 0 Å². The van der Waals surface area contributed by atoms with Crippen LogP contribution in [0, 0.1) is 0 Å². The first-order chi connectivity index (χ1) is 11.8. The SMILES string of the molecule is O=C1OC2CCN(C(=O)c3cc(C4CC4)nc(C(F)(F)F)c3)CC2O1. The molecule has 1 aliphatic carbocycles. The minimum Gasteiger partial charge on any atom is -0.427 e. The maximum absolute atomic E-state index is 13.1. The lowest BCUT2D eigenvalue weighted by atomic mass is 10.0. The van der Waals surface area contributed by atoms with Crippen LogP contribution in [0.1, 0.15) is 46.9 Å². The number of fused-ring (bicyclic) bond motifs is 1. The van der Waals surface area contributed by atoms with Gasteiger partial charge in [-0.15, -0.1) is 0 Å². The van der Waals surface area contributed by atoms with E-state index in [0.29, 0.717) is 18.7 Å². The van der Waals surface area contributed by atoms with Crippen molar-refractivity contribution in [2.24, 2.45) is 0 Å². The molecule has 134 valence electrons. The fourth-order valence-corrected chi connectivity index (χ4v) is 3.19. The van der Waals surface area contributed by atoms with Gasteiger partial charge in [-0.3, -0.25) is 4.79 Å². The van der Waals surface area contributed by atoms with Gasteiger partial charge in [-0.2, -0.15) is 13.2 Å². The Kier molecular flexibility index (Phi) is 3.62. The second-order valence-electron chi connectivity index (χ2n) is 6.54. The topological polar surface area (TPSA) is 68.7 Å². The number of pyridine rings is 1. The van der Waals surface area contributed by atoms with Gasteiger partial charge in [0.1, 0.15) is 11.8 Å². The largest absolute Gasteiger partial charge is 0.509 e. The molecule has 0 spiro atoms. The lowest BCUT2D eigenvalue weighted by Gasteiger charge is -2.32. The maximum Gasteiger partial charge on any atom is 0.509 e. The number of amides is 1. The number of nitrogens with zero attached hydrogens (tertiary/aromatic N) is 2. The molecule has 9 heteroatoms. The number of likely N-dealkylation sites (tertiary alicyclic amines) is 1. The molecule has 25 heavy (non-hydrogen) atoms. The van der Waals surface area contributed by atoms with Crippen molar-refractivity contribution >= 4 is 12.1 Å². The van der Waals surface area contributed by atoms with E-state index < -0.39 is 36.1 Å². The molecule has 1 amide bonds. The molecule has 0 aromatic carbocycles. The highest BCUT2D eigenvalue weighted by Gasteiger charge is 2.43. The van der Waals surface area contributed by atoms with Crippen molar-refractivity contribution in [2.75, 3.05) is 13.1 Å². The molecule has 2 aliphatic heterocycles. The number of rotatable bonds is 2. The Balaban J connectivity index is 1.59.